The van der Waals surface area contributed by atoms with E-state index >= 15 is 0 Å². The molecule has 0 aromatic rings. The lowest BCUT2D eigenvalue weighted by molar-refractivity contribution is 0.389. The van der Waals surface area contributed by atoms with Crippen LogP contribution >= 0.6 is 0 Å². The van der Waals surface area contributed by atoms with Gasteiger partial charge in [0.1, 0.15) is 0 Å². The Bertz CT molecular complexity index is 148. The third kappa shape index (κ3) is 20.5. The largest absolute Gasteiger partial charge is 0.309 e. The van der Waals surface area contributed by atoms with Crippen molar-refractivity contribution >= 4 is 8.41 Å². The van der Waals surface area contributed by atoms with E-state index < -0.39 is 0 Å². The van der Waals surface area contributed by atoms with E-state index in [1.807, 2.05) is 0 Å². The monoisotopic (exact) mass is 266 g/mol. The zero-order valence-corrected chi connectivity index (χ0v) is 13.9. The van der Waals surface area contributed by atoms with Gasteiger partial charge in [0.25, 0.3) is 0 Å². The van der Waals surface area contributed by atoms with Crippen molar-refractivity contribution in [3.8, 4) is 0 Å². The van der Waals surface area contributed by atoms with Crippen molar-refractivity contribution in [1.29, 1.82) is 0 Å². The third-order valence-corrected chi connectivity index (χ3v) is 3.71. The molecule has 0 saturated carbocycles. The van der Waals surface area contributed by atoms with Crippen LogP contribution in [0.2, 0.25) is 0 Å². The number of hydrogen-bond acceptors (Lipinski definition) is 1. The van der Waals surface area contributed by atoms with E-state index in [1.54, 1.807) is 0 Å². The summed E-state index contributed by atoms with van der Waals surface area (Å²) in [5, 5.41) is 0. The lowest BCUT2D eigenvalue weighted by Crippen LogP contribution is -2.12. The molecule has 2 heteroatoms. The van der Waals surface area contributed by atoms with Crippen LogP contribution in [0.15, 0.2) is 0 Å². The van der Waals surface area contributed by atoms with Crippen LogP contribution in [0.4, 0.5) is 0 Å². The Morgan fingerprint density at radius 3 is 1.16 bits per heavy atom. The van der Waals surface area contributed by atoms with Gasteiger partial charge in [0.15, 0.2) is 0 Å². The highest BCUT2D eigenvalue weighted by molar-refractivity contribution is 5.75. The summed E-state index contributed by atoms with van der Waals surface area (Å²) in [6.07, 6.45) is 18.8. The summed E-state index contributed by atoms with van der Waals surface area (Å²) in [6, 6.07) is 0. The molecule has 113 valence electrons. The summed E-state index contributed by atoms with van der Waals surface area (Å²) >= 11 is 0. The van der Waals surface area contributed by atoms with Gasteiger partial charge in [-0.3, -0.25) is 0 Å². The van der Waals surface area contributed by atoms with E-state index in [4.69, 9.17) is 0 Å². The van der Waals surface area contributed by atoms with Crippen molar-refractivity contribution in [3.63, 3.8) is 0 Å². The topological polar surface area (TPSA) is 3.24 Å². The summed E-state index contributed by atoms with van der Waals surface area (Å²) in [5.41, 5.74) is 0. The first-order valence-electron chi connectivity index (χ1n) is 8.42. The molecule has 0 atom stereocenters. The number of unbranched alkanes of at least 4 members (excludes halogenated alkanes) is 12. The fourth-order valence-corrected chi connectivity index (χ4v) is 2.45. The molecule has 0 N–H and O–H groups in total. The summed E-state index contributed by atoms with van der Waals surface area (Å²) in [4.78, 5) is 2.29. The molecule has 0 aliphatic carbocycles. The lowest BCUT2D eigenvalue weighted by atomic mass is 10.0. The molecule has 3 radical (unpaired) electrons. The number of nitrogens with zero attached hydrogens (tertiary/aromatic N) is 1. The fraction of sp³-hybridized carbons (Fsp3) is 1.00. The molecule has 0 aromatic carbocycles. The normalized spacial score (nSPS) is 10.7. The Balaban J connectivity index is 0. The molecule has 0 saturated heterocycles. The van der Waals surface area contributed by atoms with Crippen LogP contribution in [0.5, 0.6) is 0 Å². The van der Waals surface area contributed by atoms with Crippen LogP contribution in [0.1, 0.15) is 90.4 Å². The van der Waals surface area contributed by atoms with Crippen molar-refractivity contribution in [2.45, 2.75) is 90.4 Å². The molecule has 0 spiro atoms. The van der Waals surface area contributed by atoms with E-state index in [0.29, 0.717) is 0 Å². The summed E-state index contributed by atoms with van der Waals surface area (Å²) < 4.78 is 0. The molecular formula is C17H37BN. The summed E-state index contributed by atoms with van der Waals surface area (Å²) in [6.45, 7) is 3.55. The fourth-order valence-electron chi connectivity index (χ4n) is 2.45. The van der Waals surface area contributed by atoms with Crippen molar-refractivity contribution in [1.82, 2.24) is 4.90 Å². The van der Waals surface area contributed by atoms with Crippen molar-refractivity contribution in [3.05, 3.63) is 0 Å². The van der Waals surface area contributed by atoms with Crippen LogP contribution in [0.25, 0.3) is 0 Å². The Hall–Kier alpha value is 0.0249. The standard InChI is InChI=1S/C17H37N.B/c1-4-5-6-7-8-9-10-11-12-13-14-15-16-17-18(2)3;/h4-17H2,1-3H3;. The SMILES string of the molecule is CCCCCCCCCCCCCCCN(C)C.[B]. The minimum atomic E-state index is 0. The van der Waals surface area contributed by atoms with Gasteiger partial charge in [0, 0.05) is 8.41 Å². The Labute approximate surface area is 125 Å². The van der Waals surface area contributed by atoms with Crippen LogP contribution < -0.4 is 0 Å². The van der Waals surface area contributed by atoms with Crippen molar-refractivity contribution in [2.75, 3.05) is 20.6 Å². The van der Waals surface area contributed by atoms with E-state index in [-0.39, 0.29) is 8.41 Å². The minimum absolute atomic E-state index is 0. The second-order valence-electron chi connectivity index (χ2n) is 6.05. The molecule has 0 aliphatic rings. The zero-order valence-electron chi connectivity index (χ0n) is 13.9. The average molecular weight is 266 g/mol. The zero-order chi connectivity index (χ0) is 13.5. The molecule has 0 aromatic heterocycles. The van der Waals surface area contributed by atoms with Gasteiger partial charge in [-0.25, -0.2) is 0 Å². The van der Waals surface area contributed by atoms with Crippen molar-refractivity contribution < 1.29 is 0 Å². The Morgan fingerprint density at radius 1 is 0.526 bits per heavy atom. The van der Waals surface area contributed by atoms with Gasteiger partial charge in [-0.15, -0.1) is 0 Å². The highest BCUT2D eigenvalue weighted by Crippen LogP contribution is 2.12. The highest BCUT2D eigenvalue weighted by Gasteiger charge is 1.94. The number of hydrogen-bond donors (Lipinski definition) is 0. The van der Waals surface area contributed by atoms with Gasteiger partial charge in [-0.1, -0.05) is 84.0 Å². The minimum Gasteiger partial charge on any atom is -0.309 e. The van der Waals surface area contributed by atoms with Gasteiger partial charge in [-0.2, -0.15) is 0 Å². The van der Waals surface area contributed by atoms with E-state index in [1.165, 1.54) is 90.0 Å². The van der Waals surface area contributed by atoms with Gasteiger partial charge in [0.2, 0.25) is 0 Å². The highest BCUT2D eigenvalue weighted by atomic mass is 15.0. The van der Waals surface area contributed by atoms with Crippen LogP contribution in [-0.4, -0.2) is 34.0 Å². The lowest BCUT2D eigenvalue weighted by Gasteiger charge is -2.08. The Kier molecular flexibility index (Phi) is 20.2. The molecule has 19 heavy (non-hydrogen) atoms. The van der Waals surface area contributed by atoms with Crippen LogP contribution in [-0.2, 0) is 0 Å². The second kappa shape index (κ2) is 18.0. The van der Waals surface area contributed by atoms with Crippen molar-refractivity contribution in [2.24, 2.45) is 0 Å². The molecule has 0 heterocycles. The predicted octanol–water partition coefficient (Wildman–Crippen LogP) is 5.26. The average Bonchev–Trinajstić information content (AvgIpc) is 2.34. The van der Waals surface area contributed by atoms with E-state index in [2.05, 4.69) is 25.9 Å². The van der Waals surface area contributed by atoms with Gasteiger partial charge in [0.05, 0.1) is 0 Å². The molecule has 0 fully saturated rings. The molecule has 0 rings (SSSR count). The molecule has 0 bridgehead atoms. The quantitative estimate of drug-likeness (QED) is 0.306. The summed E-state index contributed by atoms with van der Waals surface area (Å²) in [7, 11) is 4.33. The first-order chi connectivity index (χ1) is 8.77. The summed E-state index contributed by atoms with van der Waals surface area (Å²) in [5.74, 6) is 0. The predicted molar refractivity (Wildman–Crippen MR) is 90.0 cm³/mol. The van der Waals surface area contributed by atoms with E-state index in [9.17, 15) is 0 Å². The van der Waals surface area contributed by atoms with Gasteiger partial charge >= 0.3 is 0 Å². The molecule has 0 amide bonds. The molecule has 0 unspecified atom stereocenters. The molecular weight excluding hydrogens is 229 g/mol. The number of rotatable bonds is 14. The van der Waals surface area contributed by atoms with Gasteiger partial charge in [-0.05, 0) is 27.1 Å². The maximum atomic E-state index is 2.29. The van der Waals surface area contributed by atoms with Crippen LogP contribution in [0, 0.1) is 0 Å². The third-order valence-electron chi connectivity index (χ3n) is 3.71. The van der Waals surface area contributed by atoms with E-state index in [0.717, 1.165) is 0 Å². The maximum Gasteiger partial charge on any atom is 0 e. The van der Waals surface area contributed by atoms with Gasteiger partial charge < -0.3 is 4.90 Å². The second-order valence-corrected chi connectivity index (χ2v) is 6.05. The smallest absolute Gasteiger partial charge is 0 e. The maximum absolute atomic E-state index is 2.29. The molecule has 0 aliphatic heterocycles. The first kappa shape index (κ1) is 21.3. The Morgan fingerprint density at radius 2 is 0.842 bits per heavy atom. The molecule has 1 nitrogen and oxygen atoms in total. The first-order valence-corrected chi connectivity index (χ1v) is 8.42. The van der Waals surface area contributed by atoms with Crippen LogP contribution in [0.3, 0.4) is 0 Å².